The maximum atomic E-state index is 13.4. The molecule has 1 aromatic carbocycles. The minimum absolute atomic E-state index is 0.0285. The fourth-order valence-corrected chi connectivity index (χ4v) is 2.29. The van der Waals surface area contributed by atoms with Gasteiger partial charge in [0.2, 0.25) is 0 Å². The van der Waals surface area contributed by atoms with Crippen LogP contribution in [-0.4, -0.2) is 37.7 Å². The van der Waals surface area contributed by atoms with Gasteiger partial charge < -0.3 is 10.5 Å². The van der Waals surface area contributed by atoms with Gasteiger partial charge in [-0.25, -0.2) is 4.39 Å². The van der Waals surface area contributed by atoms with Gasteiger partial charge in [-0.3, -0.25) is 4.90 Å². The summed E-state index contributed by atoms with van der Waals surface area (Å²) < 4.78 is 18.5. The van der Waals surface area contributed by atoms with E-state index >= 15 is 0 Å². The molecule has 0 saturated carbocycles. The topological polar surface area (TPSA) is 38.5 Å². The molecule has 0 aliphatic carbocycles. The number of rotatable bonds is 8. The summed E-state index contributed by atoms with van der Waals surface area (Å²) in [5, 5.41) is 0. The molecular formula is C15H25FN2O. The van der Waals surface area contributed by atoms with Crippen molar-refractivity contribution in [1.29, 1.82) is 0 Å². The highest BCUT2D eigenvalue weighted by Crippen LogP contribution is 2.23. The number of ether oxygens (including phenoxy) is 1. The van der Waals surface area contributed by atoms with Gasteiger partial charge in [-0.2, -0.15) is 0 Å². The molecule has 0 bridgehead atoms. The van der Waals surface area contributed by atoms with Crippen molar-refractivity contribution in [2.75, 3.05) is 26.8 Å². The smallest absolute Gasteiger partial charge is 0.123 e. The van der Waals surface area contributed by atoms with E-state index < -0.39 is 0 Å². The highest BCUT2D eigenvalue weighted by Gasteiger charge is 2.23. The zero-order valence-corrected chi connectivity index (χ0v) is 12.1. The maximum absolute atomic E-state index is 13.4. The molecule has 108 valence electrons. The van der Waals surface area contributed by atoms with E-state index in [1.807, 2.05) is 6.07 Å². The molecule has 19 heavy (non-hydrogen) atoms. The van der Waals surface area contributed by atoms with Crippen LogP contribution in [0.25, 0.3) is 0 Å². The first-order valence-corrected chi connectivity index (χ1v) is 6.84. The summed E-state index contributed by atoms with van der Waals surface area (Å²) in [5.41, 5.74) is 6.84. The predicted octanol–water partition coefficient (Wildman–Crippen LogP) is 2.57. The van der Waals surface area contributed by atoms with Crippen LogP contribution in [0, 0.1) is 5.82 Å². The van der Waals surface area contributed by atoms with Gasteiger partial charge in [0.15, 0.2) is 0 Å². The summed E-state index contributed by atoms with van der Waals surface area (Å²) in [6.07, 6.45) is 1.02. The minimum atomic E-state index is -0.216. The zero-order valence-electron chi connectivity index (χ0n) is 12.1. The first-order valence-electron chi connectivity index (χ1n) is 6.84. The van der Waals surface area contributed by atoms with Gasteiger partial charge in [0.05, 0.1) is 6.61 Å². The Hall–Kier alpha value is -0.970. The van der Waals surface area contributed by atoms with Gasteiger partial charge in [0.25, 0.3) is 0 Å². The molecule has 0 spiro atoms. The third kappa shape index (κ3) is 4.56. The number of nitrogens with two attached hydrogens (primary N) is 1. The number of halogens is 1. The largest absolute Gasteiger partial charge is 0.383 e. The number of benzene rings is 1. The fraction of sp³-hybridized carbons (Fsp3) is 0.600. The molecule has 3 nitrogen and oxygen atoms in total. The molecule has 2 N–H and O–H groups in total. The van der Waals surface area contributed by atoms with Gasteiger partial charge in [-0.05, 0) is 31.0 Å². The van der Waals surface area contributed by atoms with E-state index in [1.54, 1.807) is 19.2 Å². The second-order valence-electron chi connectivity index (χ2n) is 4.79. The summed E-state index contributed by atoms with van der Waals surface area (Å²) in [5.74, 6) is -0.216. The van der Waals surface area contributed by atoms with E-state index in [0.717, 1.165) is 18.5 Å². The summed E-state index contributed by atoms with van der Waals surface area (Å²) in [7, 11) is 1.69. The summed E-state index contributed by atoms with van der Waals surface area (Å²) in [4.78, 5) is 2.29. The van der Waals surface area contributed by atoms with Gasteiger partial charge in [-0.15, -0.1) is 0 Å². The van der Waals surface area contributed by atoms with Crippen LogP contribution >= 0.6 is 0 Å². The summed E-state index contributed by atoms with van der Waals surface area (Å²) >= 11 is 0. The Bertz CT molecular complexity index is 373. The number of nitrogens with zero attached hydrogens (tertiary/aromatic N) is 1. The molecule has 0 amide bonds. The molecule has 0 fully saturated rings. The Balaban J connectivity index is 2.94. The van der Waals surface area contributed by atoms with Crippen molar-refractivity contribution >= 4 is 0 Å². The number of hydrogen-bond donors (Lipinski definition) is 1. The van der Waals surface area contributed by atoms with E-state index in [0.29, 0.717) is 19.2 Å². The van der Waals surface area contributed by atoms with Crippen LogP contribution in [-0.2, 0) is 4.74 Å². The Morgan fingerprint density at radius 3 is 2.68 bits per heavy atom. The molecule has 2 unspecified atom stereocenters. The molecule has 1 rings (SSSR count). The Morgan fingerprint density at radius 1 is 1.42 bits per heavy atom. The van der Waals surface area contributed by atoms with Crippen LogP contribution in [0.15, 0.2) is 24.3 Å². The van der Waals surface area contributed by atoms with Crippen molar-refractivity contribution in [2.45, 2.75) is 32.4 Å². The van der Waals surface area contributed by atoms with E-state index in [2.05, 4.69) is 18.7 Å². The molecule has 1 aromatic rings. The lowest BCUT2D eigenvalue weighted by Crippen LogP contribution is -2.41. The third-order valence-electron chi connectivity index (χ3n) is 3.57. The van der Waals surface area contributed by atoms with E-state index in [1.165, 1.54) is 6.07 Å². The molecule has 0 aliphatic heterocycles. The predicted molar refractivity (Wildman–Crippen MR) is 76.5 cm³/mol. The van der Waals surface area contributed by atoms with Crippen molar-refractivity contribution in [3.63, 3.8) is 0 Å². The average molecular weight is 268 g/mol. The van der Waals surface area contributed by atoms with Crippen LogP contribution in [0.4, 0.5) is 4.39 Å². The Kier molecular flexibility index (Phi) is 6.99. The molecule has 0 radical (unpaired) electrons. The molecule has 4 heteroatoms. The molecule has 2 atom stereocenters. The zero-order chi connectivity index (χ0) is 14.3. The maximum Gasteiger partial charge on any atom is 0.123 e. The van der Waals surface area contributed by atoms with Crippen molar-refractivity contribution in [3.8, 4) is 0 Å². The first kappa shape index (κ1) is 16.1. The van der Waals surface area contributed by atoms with E-state index in [4.69, 9.17) is 10.5 Å². The second kappa shape index (κ2) is 8.25. The van der Waals surface area contributed by atoms with Crippen molar-refractivity contribution in [2.24, 2.45) is 5.73 Å². The molecule has 0 saturated heterocycles. The lowest BCUT2D eigenvalue weighted by molar-refractivity contribution is 0.0901. The van der Waals surface area contributed by atoms with Crippen molar-refractivity contribution in [3.05, 3.63) is 35.6 Å². The van der Waals surface area contributed by atoms with Crippen LogP contribution in [0.1, 0.15) is 31.9 Å². The molecular weight excluding hydrogens is 243 g/mol. The van der Waals surface area contributed by atoms with Crippen LogP contribution < -0.4 is 5.73 Å². The molecule has 0 heterocycles. The van der Waals surface area contributed by atoms with Crippen LogP contribution in [0.5, 0.6) is 0 Å². The number of hydrogen-bond acceptors (Lipinski definition) is 3. The number of methoxy groups -OCH3 is 1. The Labute approximate surface area is 115 Å². The van der Waals surface area contributed by atoms with Crippen molar-refractivity contribution < 1.29 is 9.13 Å². The Morgan fingerprint density at radius 2 is 2.16 bits per heavy atom. The van der Waals surface area contributed by atoms with Gasteiger partial charge in [0, 0.05) is 32.3 Å². The summed E-state index contributed by atoms with van der Waals surface area (Å²) in [6, 6.07) is 7.11. The van der Waals surface area contributed by atoms with E-state index in [-0.39, 0.29) is 11.9 Å². The third-order valence-corrected chi connectivity index (χ3v) is 3.57. The SMILES string of the molecule is CCC(C)N(CCOC)C(CN)c1cccc(F)c1. The monoisotopic (exact) mass is 268 g/mol. The lowest BCUT2D eigenvalue weighted by atomic mass is 10.0. The normalized spacial score (nSPS) is 14.6. The fourth-order valence-electron chi connectivity index (χ4n) is 2.29. The van der Waals surface area contributed by atoms with Gasteiger partial charge >= 0.3 is 0 Å². The lowest BCUT2D eigenvalue weighted by Gasteiger charge is -2.35. The quantitative estimate of drug-likeness (QED) is 0.787. The average Bonchev–Trinajstić information content (AvgIpc) is 2.42. The van der Waals surface area contributed by atoms with Crippen LogP contribution in [0.2, 0.25) is 0 Å². The second-order valence-corrected chi connectivity index (χ2v) is 4.79. The van der Waals surface area contributed by atoms with Crippen molar-refractivity contribution in [1.82, 2.24) is 4.90 Å². The van der Waals surface area contributed by atoms with Crippen LogP contribution in [0.3, 0.4) is 0 Å². The van der Waals surface area contributed by atoms with Gasteiger partial charge in [-0.1, -0.05) is 19.1 Å². The molecule has 0 aliphatic rings. The van der Waals surface area contributed by atoms with Gasteiger partial charge in [0.1, 0.15) is 5.82 Å². The minimum Gasteiger partial charge on any atom is -0.383 e. The standard InChI is InChI=1S/C15H25FN2O/c1-4-12(2)18(8-9-19-3)15(11-17)13-6-5-7-14(16)10-13/h5-7,10,12,15H,4,8-9,11,17H2,1-3H3. The van der Waals surface area contributed by atoms with E-state index in [9.17, 15) is 4.39 Å². The summed E-state index contributed by atoms with van der Waals surface area (Å²) in [6.45, 7) is 6.22. The highest BCUT2D eigenvalue weighted by molar-refractivity contribution is 5.21. The first-order chi connectivity index (χ1) is 9.13. The highest BCUT2D eigenvalue weighted by atomic mass is 19.1. The molecule has 0 aromatic heterocycles.